The van der Waals surface area contributed by atoms with Gasteiger partial charge < -0.3 is 5.32 Å². The van der Waals surface area contributed by atoms with Crippen LogP contribution in [0, 0.1) is 13.8 Å². The molecular formula is C22H25N3O3S3. The molecule has 0 saturated carbocycles. The Morgan fingerprint density at radius 2 is 1.81 bits per heavy atom. The fourth-order valence-corrected chi connectivity index (χ4v) is 5.60. The Morgan fingerprint density at radius 3 is 2.45 bits per heavy atom. The standard InChI is InChI=1S/C22H25N3O3S3/c1-4-12-31(27,28)25-21-7-5-6-20(15(21)2)24-22(26)17-8-10-19(11-9-17)30-14-18-13-29-16(3)23-18/h5-11,13,25H,4,12,14H2,1-3H3,(H,24,26). The zero-order valence-electron chi connectivity index (χ0n) is 17.6. The number of thioether (sulfide) groups is 1. The summed E-state index contributed by atoms with van der Waals surface area (Å²) in [4.78, 5) is 18.2. The number of aromatic nitrogens is 1. The number of carbonyl (C=O) groups excluding carboxylic acids is 1. The molecule has 6 nitrogen and oxygen atoms in total. The number of hydrogen-bond donors (Lipinski definition) is 2. The van der Waals surface area contributed by atoms with Crippen LogP contribution in [0.5, 0.6) is 0 Å². The smallest absolute Gasteiger partial charge is 0.255 e. The molecule has 0 radical (unpaired) electrons. The number of anilines is 2. The number of carbonyl (C=O) groups is 1. The van der Waals surface area contributed by atoms with Crippen molar-refractivity contribution in [1.82, 2.24) is 4.98 Å². The molecule has 0 fully saturated rings. The van der Waals surface area contributed by atoms with Crippen LogP contribution < -0.4 is 10.0 Å². The van der Waals surface area contributed by atoms with Gasteiger partial charge in [0.2, 0.25) is 10.0 Å². The molecular weight excluding hydrogens is 450 g/mol. The highest BCUT2D eigenvalue weighted by atomic mass is 32.2. The van der Waals surface area contributed by atoms with Crippen LogP contribution in [0.1, 0.15) is 40.0 Å². The summed E-state index contributed by atoms with van der Waals surface area (Å²) in [6, 6.07) is 12.6. The maximum atomic E-state index is 12.7. The number of aryl methyl sites for hydroxylation is 1. The lowest BCUT2D eigenvalue weighted by Gasteiger charge is -2.14. The van der Waals surface area contributed by atoms with Crippen LogP contribution >= 0.6 is 23.1 Å². The van der Waals surface area contributed by atoms with Gasteiger partial charge in [0.1, 0.15) is 0 Å². The number of nitrogens with zero attached hydrogens (tertiary/aromatic N) is 1. The molecule has 0 spiro atoms. The maximum absolute atomic E-state index is 12.7. The van der Waals surface area contributed by atoms with Crippen LogP contribution in [-0.2, 0) is 15.8 Å². The first-order chi connectivity index (χ1) is 14.8. The van der Waals surface area contributed by atoms with E-state index in [4.69, 9.17) is 0 Å². The molecule has 1 heterocycles. The third kappa shape index (κ3) is 6.56. The molecule has 9 heteroatoms. The average Bonchev–Trinajstić information content (AvgIpc) is 3.15. The number of hydrogen-bond acceptors (Lipinski definition) is 6. The van der Waals surface area contributed by atoms with Crippen LogP contribution in [0.2, 0.25) is 0 Å². The summed E-state index contributed by atoms with van der Waals surface area (Å²) in [5, 5.41) is 5.99. The van der Waals surface area contributed by atoms with Crippen LogP contribution in [0.4, 0.5) is 11.4 Å². The van der Waals surface area contributed by atoms with Gasteiger partial charge in [0.15, 0.2) is 0 Å². The summed E-state index contributed by atoms with van der Waals surface area (Å²) in [5.41, 5.74) is 3.29. The highest BCUT2D eigenvalue weighted by molar-refractivity contribution is 7.98. The van der Waals surface area contributed by atoms with Gasteiger partial charge in [0.05, 0.1) is 22.1 Å². The van der Waals surface area contributed by atoms with Crippen molar-refractivity contribution in [1.29, 1.82) is 0 Å². The SMILES string of the molecule is CCCS(=O)(=O)Nc1cccc(NC(=O)c2ccc(SCc3csc(C)n3)cc2)c1C. The summed E-state index contributed by atoms with van der Waals surface area (Å²) in [7, 11) is -3.40. The molecule has 1 amide bonds. The first-order valence-corrected chi connectivity index (χ1v) is 13.3. The number of thiazole rings is 1. The lowest BCUT2D eigenvalue weighted by atomic mass is 10.1. The second-order valence-electron chi connectivity index (χ2n) is 7.02. The van der Waals surface area contributed by atoms with Gasteiger partial charge in [0, 0.05) is 27.3 Å². The van der Waals surface area contributed by atoms with Gasteiger partial charge in [-0.3, -0.25) is 9.52 Å². The molecule has 3 aromatic rings. The Labute approximate surface area is 191 Å². The Morgan fingerprint density at radius 1 is 1.10 bits per heavy atom. The van der Waals surface area contributed by atoms with Gasteiger partial charge in [-0.05, 0) is 62.2 Å². The molecule has 0 saturated heterocycles. The number of sulfonamides is 1. The highest BCUT2D eigenvalue weighted by Crippen LogP contribution is 2.26. The van der Waals surface area contributed by atoms with E-state index in [1.165, 1.54) is 0 Å². The van der Waals surface area contributed by atoms with E-state index in [0.717, 1.165) is 21.3 Å². The Kier molecular flexibility index (Phi) is 7.74. The number of rotatable bonds is 9. The average molecular weight is 476 g/mol. The van der Waals surface area contributed by atoms with Crippen molar-refractivity contribution in [2.24, 2.45) is 0 Å². The van der Waals surface area contributed by atoms with Gasteiger partial charge >= 0.3 is 0 Å². The molecule has 0 aliphatic heterocycles. The molecule has 0 atom stereocenters. The molecule has 31 heavy (non-hydrogen) atoms. The Balaban J connectivity index is 1.65. The summed E-state index contributed by atoms with van der Waals surface area (Å²) in [6.45, 7) is 5.58. The normalized spacial score (nSPS) is 11.3. The number of nitrogens with one attached hydrogen (secondary N) is 2. The second-order valence-corrected chi connectivity index (χ2v) is 11.0. The minimum absolute atomic E-state index is 0.0511. The first-order valence-electron chi connectivity index (χ1n) is 9.82. The van der Waals surface area contributed by atoms with Crippen molar-refractivity contribution in [2.75, 3.05) is 15.8 Å². The predicted octanol–water partition coefficient (Wildman–Crippen LogP) is 5.46. The van der Waals surface area contributed by atoms with Crippen molar-refractivity contribution >= 4 is 50.4 Å². The molecule has 3 rings (SSSR count). The van der Waals surface area contributed by atoms with Crippen LogP contribution in [-0.4, -0.2) is 25.1 Å². The summed E-state index contributed by atoms with van der Waals surface area (Å²) in [5.74, 6) is 0.592. The summed E-state index contributed by atoms with van der Waals surface area (Å²) in [6.07, 6.45) is 0.530. The Hall–Kier alpha value is -2.36. The molecule has 2 aromatic carbocycles. The van der Waals surface area contributed by atoms with E-state index in [1.54, 1.807) is 60.4 Å². The van der Waals surface area contributed by atoms with Crippen LogP contribution in [0.3, 0.4) is 0 Å². The largest absolute Gasteiger partial charge is 0.322 e. The fraction of sp³-hybridized carbons (Fsp3) is 0.273. The summed E-state index contributed by atoms with van der Waals surface area (Å²) < 4.78 is 26.8. The molecule has 0 aliphatic carbocycles. The van der Waals surface area contributed by atoms with Gasteiger partial charge in [-0.1, -0.05) is 13.0 Å². The van der Waals surface area contributed by atoms with Gasteiger partial charge in [-0.25, -0.2) is 13.4 Å². The molecule has 2 N–H and O–H groups in total. The third-order valence-electron chi connectivity index (χ3n) is 4.49. The zero-order valence-corrected chi connectivity index (χ0v) is 20.1. The molecule has 164 valence electrons. The van der Waals surface area contributed by atoms with E-state index in [1.807, 2.05) is 26.0 Å². The second kappa shape index (κ2) is 10.3. The molecule has 0 bridgehead atoms. The molecule has 0 unspecified atom stereocenters. The van der Waals surface area contributed by atoms with Crippen LogP contribution in [0.15, 0.2) is 52.7 Å². The van der Waals surface area contributed by atoms with E-state index >= 15 is 0 Å². The van der Waals surface area contributed by atoms with Gasteiger partial charge in [-0.15, -0.1) is 23.1 Å². The van der Waals surface area contributed by atoms with Crippen molar-refractivity contribution < 1.29 is 13.2 Å². The molecule has 1 aromatic heterocycles. The third-order valence-corrected chi connectivity index (χ3v) is 7.83. The Bertz CT molecular complexity index is 1160. The van der Waals surface area contributed by atoms with E-state index < -0.39 is 10.0 Å². The van der Waals surface area contributed by atoms with Crippen molar-refractivity contribution in [3.05, 3.63) is 69.7 Å². The number of benzene rings is 2. The van der Waals surface area contributed by atoms with Crippen LogP contribution in [0.25, 0.3) is 0 Å². The van der Waals surface area contributed by atoms with E-state index in [2.05, 4.69) is 20.4 Å². The quantitative estimate of drug-likeness (QED) is 0.402. The molecule has 0 aliphatic rings. The zero-order chi connectivity index (χ0) is 22.4. The predicted molar refractivity (Wildman–Crippen MR) is 130 cm³/mol. The lowest BCUT2D eigenvalue weighted by molar-refractivity contribution is 0.102. The number of amides is 1. The fourth-order valence-electron chi connectivity index (χ4n) is 2.90. The summed E-state index contributed by atoms with van der Waals surface area (Å²) >= 11 is 3.31. The topological polar surface area (TPSA) is 88.2 Å². The van der Waals surface area contributed by atoms with Gasteiger partial charge in [0.25, 0.3) is 5.91 Å². The van der Waals surface area contributed by atoms with Crippen molar-refractivity contribution in [2.45, 2.75) is 37.8 Å². The van der Waals surface area contributed by atoms with Crippen molar-refractivity contribution in [3.8, 4) is 0 Å². The van der Waals surface area contributed by atoms with E-state index in [-0.39, 0.29) is 11.7 Å². The maximum Gasteiger partial charge on any atom is 0.255 e. The minimum Gasteiger partial charge on any atom is -0.322 e. The minimum atomic E-state index is -3.40. The van der Waals surface area contributed by atoms with Crippen molar-refractivity contribution in [3.63, 3.8) is 0 Å². The van der Waals surface area contributed by atoms with E-state index in [0.29, 0.717) is 28.9 Å². The first kappa shape index (κ1) is 23.3. The lowest BCUT2D eigenvalue weighted by Crippen LogP contribution is -2.18. The van der Waals surface area contributed by atoms with Gasteiger partial charge in [-0.2, -0.15) is 0 Å². The monoisotopic (exact) mass is 475 g/mol. The van der Waals surface area contributed by atoms with E-state index in [9.17, 15) is 13.2 Å². The highest BCUT2D eigenvalue weighted by Gasteiger charge is 2.14.